The predicted molar refractivity (Wildman–Crippen MR) is 119 cm³/mol. The summed E-state index contributed by atoms with van der Waals surface area (Å²) in [5.74, 6) is 1.56. The number of amides is 2. The van der Waals surface area contributed by atoms with Gasteiger partial charge in [-0.15, -0.1) is 0 Å². The summed E-state index contributed by atoms with van der Waals surface area (Å²) in [6, 6.07) is 7.51. The number of rotatable bonds is 8. The van der Waals surface area contributed by atoms with Crippen LogP contribution in [0.2, 0.25) is 0 Å². The lowest BCUT2D eigenvalue weighted by Crippen LogP contribution is -2.49. The number of carbonyl (C=O) groups is 2. The van der Waals surface area contributed by atoms with Crippen molar-refractivity contribution < 1.29 is 9.59 Å². The SMILES string of the molecule is CCNC(=NCc1ccc(C(=O)N2CCNC(=O)C2)cc1)NCCCC1CCCC1. The third kappa shape index (κ3) is 6.75. The Morgan fingerprint density at radius 1 is 1.20 bits per heavy atom. The first-order valence-electron chi connectivity index (χ1n) is 11.3. The number of piperazine rings is 1. The van der Waals surface area contributed by atoms with Crippen molar-refractivity contribution in [3.05, 3.63) is 35.4 Å². The second-order valence-electron chi connectivity index (χ2n) is 8.19. The maximum Gasteiger partial charge on any atom is 0.254 e. The van der Waals surface area contributed by atoms with Crippen LogP contribution >= 0.6 is 0 Å². The number of nitrogens with zero attached hydrogens (tertiary/aromatic N) is 2. The van der Waals surface area contributed by atoms with E-state index < -0.39 is 0 Å². The molecule has 3 N–H and O–H groups in total. The van der Waals surface area contributed by atoms with Gasteiger partial charge in [0.05, 0.1) is 13.1 Å². The number of aliphatic imine (C=N–C) groups is 1. The monoisotopic (exact) mass is 413 g/mol. The van der Waals surface area contributed by atoms with Crippen LogP contribution in [0, 0.1) is 5.92 Å². The molecule has 1 saturated carbocycles. The van der Waals surface area contributed by atoms with Crippen molar-refractivity contribution in [2.24, 2.45) is 10.9 Å². The van der Waals surface area contributed by atoms with Gasteiger partial charge in [0.1, 0.15) is 0 Å². The minimum Gasteiger partial charge on any atom is -0.357 e. The highest BCUT2D eigenvalue weighted by molar-refractivity contribution is 5.97. The third-order valence-electron chi connectivity index (χ3n) is 5.85. The van der Waals surface area contributed by atoms with Gasteiger partial charge in [-0.1, -0.05) is 37.8 Å². The molecule has 1 saturated heterocycles. The van der Waals surface area contributed by atoms with E-state index in [0.29, 0.717) is 25.2 Å². The molecule has 1 aliphatic heterocycles. The maximum atomic E-state index is 12.5. The summed E-state index contributed by atoms with van der Waals surface area (Å²) in [6.45, 7) is 5.58. The van der Waals surface area contributed by atoms with Crippen LogP contribution in [-0.4, -0.2) is 55.4 Å². The maximum absolute atomic E-state index is 12.5. The highest BCUT2D eigenvalue weighted by Gasteiger charge is 2.22. The molecule has 1 aliphatic carbocycles. The third-order valence-corrected chi connectivity index (χ3v) is 5.85. The first-order valence-corrected chi connectivity index (χ1v) is 11.3. The Bertz CT molecular complexity index is 726. The van der Waals surface area contributed by atoms with E-state index in [0.717, 1.165) is 30.5 Å². The van der Waals surface area contributed by atoms with Gasteiger partial charge >= 0.3 is 0 Å². The molecule has 2 aliphatic rings. The van der Waals surface area contributed by atoms with E-state index in [1.807, 2.05) is 24.3 Å². The van der Waals surface area contributed by atoms with E-state index in [1.165, 1.54) is 38.5 Å². The molecule has 1 aromatic rings. The molecule has 7 heteroatoms. The highest BCUT2D eigenvalue weighted by Crippen LogP contribution is 2.28. The van der Waals surface area contributed by atoms with Gasteiger partial charge in [0.15, 0.2) is 5.96 Å². The summed E-state index contributed by atoms with van der Waals surface area (Å²) in [4.78, 5) is 30.3. The fraction of sp³-hybridized carbons (Fsp3) is 0.609. The minimum absolute atomic E-state index is 0.0998. The average molecular weight is 414 g/mol. The Hall–Kier alpha value is -2.57. The largest absolute Gasteiger partial charge is 0.357 e. The fourth-order valence-corrected chi connectivity index (χ4v) is 4.16. The van der Waals surface area contributed by atoms with Crippen molar-refractivity contribution in [1.29, 1.82) is 0 Å². The van der Waals surface area contributed by atoms with Crippen LogP contribution in [-0.2, 0) is 11.3 Å². The van der Waals surface area contributed by atoms with Crippen molar-refractivity contribution >= 4 is 17.8 Å². The Balaban J connectivity index is 1.47. The number of hydrogen-bond donors (Lipinski definition) is 3. The summed E-state index contributed by atoms with van der Waals surface area (Å²) < 4.78 is 0. The van der Waals surface area contributed by atoms with E-state index in [1.54, 1.807) is 4.90 Å². The smallest absolute Gasteiger partial charge is 0.254 e. The van der Waals surface area contributed by atoms with Gasteiger partial charge < -0.3 is 20.9 Å². The summed E-state index contributed by atoms with van der Waals surface area (Å²) in [6.07, 6.45) is 8.09. The van der Waals surface area contributed by atoms with Gasteiger partial charge in [-0.3, -0.25) is 9.59 Å². The molecule has 2 amide bonds. The topological polar surface area (TPSA) is 85.8 Å². The Labute approximate surface area is 179 Å². The lowest BCUT2D eigenvalue weighted by Gasteiger charge is -2.26. The number of nitrogens with one attached hydrogen (secondary N) is 3. The first kappa shape index (κ1) is 22.1. The molecule has 0 radical (unpaired) electrons. The van der Waals surface area contributed by atoms with Crippen molar-refractivity contribution in [3.63, 3.8) is 0 Å². The molecule has 7 nitrogen and oxygen atoms in total. The molecule has 1 aromatic carbocycles. The Kier molecular flexibility index (Phi) is 8.53. The van der Waals surface area contributed by atoms with Gasteiger partial charge in [0, 0.05) is 31.7 Å². The molecule has 164 valence electrons. The summed E-state index contributed by atoms with van der Waals surface area (Å²) in [5.41, 5.74) is 1.65. The first-order chi connectivity index (χ1) is 14.7. The van der Waals surface area contributed by atoms with Gasteiger partial charge in [-0.25, -0.2) is 4.99 Å². The molecule has 30 heavy (non-hydrogen) atoms. The van der Waals surface area contributed by atoms with Crippen molar-refractivity contribution in [2.75, 3.05) is 32.7 Å². The van der Waals surface area contributed by atoms with Crippen molar-refractivity contribution in [2.45, 2.75) is 52.0 Å². The number of hydrogen-bond acceptors (Lipinski definition) is 3. The molecule has 3 rings (SSSR count). The molecule has 0 bridgehead atoms. The summed E-state index contributed by atoms with van der Waals surface area (Å²) in [7, 11) is 0. The van der Waals surface area contributed by atoms with Crippen LogP contribution in [0.5, 0.6) is 0 Å². The quantitative estimate of drug-likeness (QED) is 0.347. The fourth-order valence-electron chi connectivity index (χ4n) is 4.16. The summed E-state index contributed by atoms with van der Waals surface area (Å²) >= 11 is 0. The number of benzene rings is 1. The second-order valence-corrected chi connectivity index (χ2v) is 8.19. The van der Waals surface area contributed by atoms with Gasteiger partial charge in [0.25, 0.3) is 5.91 Å². The summed E-state index contributed by atoms with van der Waals surface area (Å²) in [5, 5.41) is 9.47. The van der Waals surface area contributed by atoms with E-state index in [4.69, 9.17) is 0 Å². The van der Waals surface area contributed by atoms with Crippen LogP contribution in [0.25, 0.3) is 0 Å². The van der Waals surface area contributed by atoms with Crippen LogP contribution < -0.4 is 16.0 Å². The molecule has 1 heterocycles. The van der Waals surface area contributed by atoms with Crippen LogP contribution in [0.4, 0.5) is 0 Å². The van der Waals surface area contributed by atoms with Gasteiger partial charge in [0.2, 0.25) is 5.91 Å². The lowest BCUT2D eigenvalue weighted by atomic mass is 10.0. The number of guanidine groups is 1. The van der Waals surface area contributed by atoms with Crippen LogP contribution in [0.15, 0.2) is 29.3 Å². The second kappa shape index (κ2) is 11.6. The van der Waals surface area contributed by atoms with Crippen molar-refractivity contribution in [1.82, 2.24) is 20.9 Å². The molecule has 0 unspecified atom stereocenters. The molecule has 0 spiro atoms. The van der Waals surface area contributed by atoms with Gasteiger partial charge in [-0.2, -0.15) is 0 Å². The normalized spacial score (nSPS) is 17.7. The molecular weight excluding hydrogens is 378 g/mol. The average Bonchev–Trinajstić information content (AvgIpc) is 3.28. The van der Waals surface area contributed by atoms with Crippen molar-refractivity contribution in [3.8, 4) is 0 Å². The zero-order valence-corrected chi connectivity index (χ0v) is 18.1. The van der Waals surface area contributed by atoms with Crippen LogP contribution in [0.3, 0.4) is 0 Å². The van der Waals surface area contributed by atoms with Gasteiger partial charge in [-0.05, 0) is 43.4 Å². The van der Waals surface area contributed by atoms with Crippen LogP contribution in [0.1, 0.15) is 61.4 Å². The Morgan fingerprint density at radius 2 is 1.97 bits per heavy atom. The standard InChI is InChI=1S/C23H35N5O2/c1-2-24-23(26-13-5-8-18-6-3-4-7-18)27-16-19-9-11-20(12-10-19)22(30)28-15-14-25-21(29)17-28/h9-12,18H,2-8,13-17H2,1H3,(H,25,29)(H2,24,26,27). The molecule has 2 fully saturated rings. The molecule has 0 aromatic heterocycles. The van der Waals surface area contributed by atoms with E-state index >= 15 is 0 Å². The number of carbonyl (C=O) groups excluding carboxylic acids is 2. The molecule has 0 atom stereocenters. The molecular formula is C23H35N5O2. The minimum atomic E-state index is -0.104. The predicted octanol–water partition coefficient (Wildman–Crippen LogP) is 2.28. The zero-order valence-electron chi connectivity index (χ0n) is 18.1. The highest BCUT2D eigenvalue weighted by atomic mass is 16.2. The van der Waals surface area contributed by atoms with E-state index in [-0.39, 0.29) is 18.4 Å². The van der Waals surface area contributed by atoms with E-state index in [9.17, 15) is 9.59 Å². The van der Waals surface area contributed by atoms with E-state index in [2.05, 4.69) is 27.9 Å². The zero-order chi connectivity index (χ0) is 21.2. The lowest BCUT2D eigenvalue weighted by molar-refractivity contribution is -0.123. The Morgan fingerprint density at radius 3 is 2.67 bits per heavy atom.